The number of imide groups is 1. The van der Waals surface area contributed by atoms with E-state index in [1.54, 1.807) is 32.2 Å². The van der Waals surface area contributed by atoms with Gasteiger partial charge in [-0.05, 0) is 25.0 Å². The number of amides is 4. The Morgan fingerprint density at radius 1 is 1.22 bits per heavy atom. The van der Waals surface area contributed by atoms with Crippen molar-refractivity contribution in [1.82, 2.24) is 15.1 Å². The molecular weight excluding hydrogens is 350 g/mol. The minimum atomic E-state index is -0.899. The zero-order chi connectivity index (χ0) is 19.7. The molecule has 4 amide bonds. The molecule has 1 fully saturated rings. The van der Waals surface area contributed by atoms with Crippen LogP contribution < -0.4 is 5.32 Å². The zero-order valence-electron chi connectivity index (χ0n) is 15.3. The molecule has 0 radical (unpaired) electrons. The zero-order valence-corrected chi connectivity index (χ0v) is 15.3. The maximum atomic E-state index is 13.0. The number of ketones is 2. The molecule has 0 aromatic heterocycles. The van der Waals surface area contributed by atoms with Crippen LogP contribution >= 0.6 is 0 Å². The van der Waals surface area contributed by atoms with Crippen molar-refractivity contribution in [2.45, 2.75) is 38.8 Å². The van der Waals surface area contributed by atoms with Crippen LogP contribution in [0.5, 0.6) is 0 Å². The second kappa shape index (κ2) is 7.30. The fourth-order valence-corrected chi connectivity index (χ4v) is 3.53. The van der Waals surface area contributed by atoms with Crippen molar-refractivity contribution in [2.24, 2.45) is 0 Å². The Morgan fingerprint density at radius 2 is 1.96 bits per heavy atom. The van der Waals surface area contributed by atoms with Gasteiger partial charge in [0.15, 0.2) is 5.78 Å². The first-order valence-electron chi connectivity index (χ1n) is 8.88. The number of rotatable bonds is 4. The first-order chi connectivity index (χ1) is 12.8. The van der Waals surface area contributed by atoms with E-state index in [1.165, 1.54) is 4.90 Å². The van der Waals surface area contributed by atoms with Gasteiger partial charge in [0.2, 0.25) is 0 Å². The molecule has 1 saturated carbocycles. The quantitative estimate of drug-likeness (QED) is 0.631. The molecule has 27 heavy (non-hydrogen) atoms. The number of nitrogens with zero attached hydrogens (tertiary/aromatic N) is 2. The molecule has 1 aromatic rings. The lowest BCUT2D eigenvalue weighted by molar-refractivity contribution is -0.132. The Labute approximate surface area is 156 Å². The van der Waals surface area contributed by atoms with Gasteiger partial charge in [-0.15, -0.1) is 0 Å². The maximum absolute atomic E-state index is 13.0. The highest BCUT2D eigenvalue weighted by Gasteiger charge is 2.45. The Kier molecular flexibility index (Phi) is 5.07. The van der Waals surface area contributed by atoms with Crippen LogP contribution in [0, 0.1) is 0 Å². The Hall–Kier alpha value is -3.03. The Balaban J connectivity index is 1.89. The third-order valence-corrected chi connectivity index (χ3v) is 4.87. The number of hydrogen-bond donors (Lipinski definition) is 1. The van der Waals surface area contributed by atoms with Gasteiger partial charge >= 0.3 is 6.03 Å². The summed E-state index contributed by atoms with van der Waals surface area (Å²) in [5, 5.41) is 2.67. The number of carbonyl (C=O) groups excluding carboxylic acids is 5. The van der Waals surface area contributed by atoms with Gasteiger partial charge < -0.3 is 10.2 Å². The minimum absolute atomic E-state index is 0.152. The van der Waals surface area contributed by atoms with Crippen LogP contribution in [0.25, 0.3) is 0 Å². The number of urea groups is 1. The van der Waals surface area contributed by atoms with E-state index in [4.69, 9.17) is 0 Å². The van der Waals surface area contributed by atoms with Crippen molar-refractivity contribution in [3.05, 3.63) is 34.9 Å². The van der Waals surface area contributed by atoms with Gasteiger partial charge in [0, 0.05) is 26.6 Å². The summed E-state index contributed by atoms with van der Waals surface area (Å²) in [6.45, 7) is 2.43. The van der Waals surface area contributed by atoms with E-state index in [0.29, 0.717) is 12.1 Å². The van der Waals surface area contributed by atoms with Gasteiger partial charge in [0.25, 0.3) is 11.8 Å². The summed E-state index contributed by atoms with van der Waals surface area (Å²) in [5.41, 5.74) is 0.997. The molecule has 8 heteroatoms. The molecule has 3 rings (SSSR count). The van der Waals surface area contributed by atoms with Crippen LogP contribution in [-0.4, -0.2) is 58.8 Å². The average Bonchev–Trinajstić information content (AvgIpc) is 2.87. The van der Waals surface area contributed by atoms with Gasteiger partial charge in [-0.25, -0.2) is 4.79 Å². The first kappa shape index (κ1) is 18.8. The molecule has 1 N–H and O–H groups in total. The molecular formula is C19H21N3O5. The summed E-state index contributed by atoms with van der Waals surface area (Å²) in [5.74, 6) is -1.63. The van der Waals surface area contributed by atoms with Crippen molar-refractivity contribution in [3.63, 3.8) is 0 Å². The standard InChI is InChI=1S/C19H21N3O5/c1-3-20-19(27)21(2)10-11-5-4-6-13-16(11)18(26)22(17(13)25)14-8-7-12(23)9-15(14)24/h4-6,14H,3,7-10H2,1-2H3,(H,20,27). The van der Waals surface area contributed by atoms with Crippen LogP contribution in [0.15, 0.2) is 18.2 Å². The van der Waals surface area contributed by atoms with E-state index in [1.807, 2.05) is 0 Å². The fraction of sp³-hybridized carbons (Fsp3) is 0.421. The molecule has 1 unspecified atom stereocenters. The number of hydrogen-bond acceptors (Lipinski definition) is 5. The maximum Gasteiger partial charge on any atom is 0.317 e. The van der Waals surface area contributed by atoms with Crippen LogP contribution in [0.3, 0.4) is 0 Å². The second-order valence-electron chi connectivity index (χ2n) is 6.75. The van der Waals surface area contributed by atoms with E-state index >= 15 is 0 Å². The summed E-state index contributed by atoms with van der Waals surface area (Å²) in [7, 11) is 1.60. The highest BCUT2D eigenvalue weighted by molar-refractivity contribution is 6.24. The Bertz CT molecular complexity index is 848. The van der Waals surface area contributed by atoms with E-state index in [0.717, 1.165) is 4.90 Å². The van der Waals surface area contributed by atoms with Gasteiger partial charge in [0.05, 0.1) is 23.6 Å². The summed E-state index contributed by atoms with van der Waals surface area (Å²) in [4.78, 5) is 63.8. The number of benzene rings is 1. The summed E-state index contributed by atoms with van der Waals surface area (Å²) >= 11 is 0. The van der Waals surface area contributed by atoms with Crippen molar-refractivity contribution in [1.29, 1.82) is 0 Å². The SMILES string of the molecule is CCNC(=O)N(C)Cc1cccc2c1C(=O)N(C1CCC(=O)CC1=O)C2=O. The molecule has 2 aliphatic rings. The van der Waals surface area contributed by atoms with Crippen molar-refractivity contribution in [2.75, 3.05) is 13.6 Å². The molecule has 1 aliphatic heterocycles. The number of fused-ring (bicyclic) bond motifs is 1. The molecule has 1 aliphatic carbocycles. The van der Waals surface area contributed by atoms with Crippen LogP contribution in [0.4, 0.5) is 4.79 Å². The highest BCUT2D eigenvalue weighted by Crippen LogP contribution is 2.31. The molecule has 8 nitrogen and oxygen atoms in total. The third kappa shape index (κ3) is 3.34. The van der Waals surface area contributed by atoms with E-state index in [9.17, 15) is 24.0 Å². The molecule has 0 bridgehead atoms. The van der Waals surface area contributed by atoms with Crippen molar-refractivity contribution in [3.8, 4) is 0 Å². The summed E-state index contributed by atoms with van der Waals surface area (Å²) in [6.07, 6.45) is 0.0960. The molecule has 1 heterocycles. The van der Waals surface area contributed by atoms with Gasteiger partial charge in [-0.3, -0.25) is 24.1 Å². The van der Waals surface area contributed by atoms with Crippen molar-refractivity contribution < 1.29 is 24.0 Å². The van der Waals surface area contributed by atoms with Gasteiger partial charge in [-0.1, -0.05) is 12.1 Å². The minimum Gasteiger partial charge on any atom is -0.338 e. The van der Waals surface area contributed by atoms with Crippen molar-refractivity contribution >= 4 is 29.4 Å². The lowest BCUT2D eigenvalue weighted by Crippen LogP contribution is -2.47. The molecule has 1 atom stereocenters. The predicted molar refractivity (Wildman–Crippen MR) is 95.1 cm³/mol. The highest BCUT2D eigenvalue weighted by atomic mass is 16.2. The fourth-order valence-electron chi connectivity index (χ4n) is 3.53. The van der Waals surface area contributed by atoms with E-state index in [-0.39, 0.29) is 48.7 Å². The van der Waals surface area contributed by atoms with Crippen LogP contribution in [0.1, 0.15) is 52.5 Å². The molecule has 0 saturated heterocycles. The number of carbonyl (C=O) groups is 5. The predicted octanol–water partition coefficient (Wildman–Crippen LogP) is 1.13. The molecule has 0 spiro atoms. The summed E-state index contributed by atoms with van der Waals surface area (Å²) < 4.78 is 0. The summed E-state index contributed by atoms with van der Waals surface area (Å²) in [6, 6.07) is 3.70. The van der Waals surface area contributed by atoms with Gasteiger partial charge in [0.1, 0.15) is 5.78 Å². The van der Waals surface area contributed by atoms with E-state index in [2.05, 4.69) is 5.32 Å². The lowest BCUT2D eigenvalue weighted by atomic mass is 9.92. The normalized spacial score (nSPS) is 19.3. The lowest BCUT2D eigenvalue weighted by Gasteiger charge is -2.27. The van der Waals surface area contributed by atoms with Gasteiger partial charge in [-0.2, -0.15) is 0 Å². The smallest absolute Gasteiger partial charge is 0.317 e. The second-order valence-corrected chi connectivity index (χ2v) is 6.75. The Morgan fingerprint density at radius 3 is 2.63 bits per heavy atom. The van der Waals surface area contributed by atoms with Crippen LogP contribution in [0.2, 0.25) is 0 Å². The molecule has 142 valence electrons. The largest absolute Gasteiger partial charge is 0.338 e. The average molecular weight is 371 g/mol. The monoisotopic (exact) mass is 371 g/mol. The first-order valence-corrected chi connectivity index (χ1v) is 8.88. The topological polar surface area (TPSA) is 104 Å². The number of nitrogens with one attached hydrogen (secondary N) is 1. The van der Waals surface area contributed by atoms with Crippen LogP contribution in [-0.2, 0) is 16.1 Å². The van der Waals surface area contributed by atoms with E-state index < -0.39 is 23.6 Å². The molecule has 1 aromatic carbocycles. The number of Topliss-reactive ketones (excluding diaryl/α,β-unsaturated/α-hetero) is 2. The third-order valence-electron chi connectivity index (χ3n) is 4.87.